The standard InChI is InChI=1S/C8H12N2S/c1-3-4-6(2)7-5-11-8(9)10-7/h4-5H,3H2,1-2H3,(H2,9,10)/b6-4-. The van der Waals surface area contributed by atoms with Gasteiger partial charge in [-0.25, -0.2) is 4.98 Å². The van der Waals surface area contributed by atoms with E-state index in [9.17, 15) is 0 Å². The van der Waals surface area contributed by atoms with Crippen LogP contribution in [-0.4, -0.2) is 4.98 Å². The molecule has 0 spiro atoms. The highest BCUT2D eigenvalue weighted by molar-refractivity contribution is 7.13. The second-order valence-electron chi connectivity index (χ2n) is 2.37. The lowest BCUT2D eigenvalue weighted by atomic mass is 10.2. The van der Waals surface area contributed by atoms with Crippen LogP contribution in [0.25, 0.3) is 5.57 Å². The number of hydrogen-bond donors (Lipinski definition) is 1. The van der Waals surface area contributed by atoms with E-state index < -0.39 is 0 Å². The fourth-order valence-electron chi connectivity index (χ4n) is 0.879. The Morgan fingerprint density at radius 2 is 2.55 bits per heavy atom. The summed E-state index contributed by atoms with van der Waals surface area (Å²) in [5.74, 6) is 0. The summed E-state index contributed by atoms with van der Waals surface area (Å²) < 4.78 is 0. The van der Waals surface area contributed by atoms with Gasteiger partial charge in [0.2, 0.25) is 0 Å². The number of rotatable bonds is 2. The molecular weight excluding hydrogens is 156 g/mol. The van der Waals surface area contributed by atoms with Crippen LogP contribution in [0.15, 0.2) is 11.5 Å². The van der Waals surface area contributed by atoms with Gasteiger partial charge in [-0.15, -0.1) is 11.3 Å². The first-order chi connectivity index (χ1) is 5.24. The minimum Gasteiger partial charge on any atom is -0.375 e. The average Bonchev–Trinajstić information content (AvgIpc) is 2.36. The highest BCUT2D eigenvalue weighted by Gasteiger charge is 1.98. The molecule has 1 aromatic heterocycles. The van der Waals surface area contributed by atoms with Gasteiger partial charge in [-0.1, -0.05) is 13.0 Å². The molecule has 1 heterocycles. The summed E-state index contributed by atoms with van der Waals surface area (Å²) in [7, 11) is 0. The Morgan fingerprint density at radius 1 is 1.82 bits per heavy atom. The Bertz CT molecular complexity index is 263. The Kier molecular flexibility index (Phi) is 2.65. The second kappa shape index (κ2) is 3.53. The number of nitrogens with zero attached hydrogens (tertiary/aromatic N) is 1. The van der Waals surface area contributed by atoms with Crippen molar-refractivity contribution < 1.29 is 0 Å². The van der Waals surface area contributed by atoms with Crippen LogP contribution in [0.2, 0.25) is 0 Å². The third-order valence-electron chi connectivity index (χ3n) is 1.44. The summed E-state index contributed by atoms with van der Waals surface area (Å²) in [6, 6.07) is 0. The van der Waals surface area contributed by atoms with E-state index >= 15 is 0 Å². The molecule has 0 atom stereocenters. The van der Waals surface area contributed by atoms with Crippen molar-refractivity contribution >= 4 is 22.0 Å². The number of nitrogens with two attached hydrogens (primary N) is 1. The van der Waals surface area contributed by atoms with Crippen LogP contribution in [-0.2, 0) is 0 Å². The predicted octanol–water partition coefficient (Wildman–Crippen LogP) is 2.54. The van der Waals surface area contributed by atoms with E-state index in [4.69, 9.17) is 5.73 Å². The van der Waals surface area contributed by atoms with Gasteiger partial charge in [0, 0.05) is 5.38 Å². The summed E-state index contributed by atoms with van der Waals surface area (Å²) in [6.45, 7) is 4.16. The lowest BCUT2D eigenvalue weighted by molar-refractivity contribution is 1.21. The summed E-state index contributed by atoms with van der Waals surface area (Å²) in [5, 5.41) is 2.63. The fraction of sp³-hybridized carbons (Fsp3) is 0.375. The first kappa shape index (κ1) is 8.27. The van der Waals surface area contributed by atoms with Crippen LogP contribution in [0.5, 0.6) is 0 Å². The summed E-state index contributed by atoms with van der Waals surface area (Å²) >= 11 is 1.48. The van der Waals surface area contributed by atoms with Crippen LogP contribution in [0, 0.1) is 0 Å². The van der Waals surface area contributed by atoms with E-state index in [1.165, 1.54) is 16.9 Å². The fourth-order valence-corrected chi connectivity index (χ4v) is 1.50. The molecule has 0 aliphatic heterocycles. The minimum absolute atomic E-state index is 0.642. The lowest BCUT2D eigenvalue weighted by Gasteiger charge is -1.92. The highest BCUT2D eigenvalue weighted by Crippen LogP contribution is 2.18. The molecule has 0 aromatic carbocycles. The number of nitrogen functional groups attached to an aromatic ring is 1. The second-order valence-corrected chi connectivity index (χ2v) is 3.26. The maximum absolute atomic E-state index is 5.49. The molecule has 0 fully saturated rings. The van der Waals surface area contributed by atoms with Crippen molar-refractivity contribution in [2.75, 3.05) is 5.73 Å². The van der Waals surface area contributed by atoms with Crippen LogP contribution in [0.4, 0.5) is 5.13 Å². The molecule has 1 aromatic rings. The highest BCUT2D eigenvalue weighted by atomic mass is 32.1. The quantitative estimate of drug-likeness (QED) is 0.737. The average molecular weight is 168 g/mol. The first-order valence-corrected chi connectivity index (χ1v) is 4.50. The van der Waals surface area contributed by atoms with E-state index in [1.807, 2.05) is 5.38 Å². The van der Waals surface area contributed by atoms with Crippen molar-refractivity contribution in [3.05, 3.63) is 17.2 Å². The maximum Gasteiger partial charge on any atom is 0.180 e. The van der Waals surface area contributed by atoms with Crippen LogP contribution >= 0.6 is 11.3 Å². The maximum atomic E-state index is 5.49. The molecule has 11 heavy (non-hydrogen) atoms. The number of thiazole rings is 1. The van der Waals surface area contributed by atoms with Gasteiger partial charge < -0.3 is 5.73 Å². The molecule has 0 unspecified atom stereocenters. The van der Waals surface area contributed by atoms with Crippen LogP contribution in [0.3, 0.4) is 0 Å². The third kappa shape index (κ3) is 2.05. The minimum atomic E-state index is 0.642. The molecule has 3 heteroatoms. The molecule has 2 N–H and O–H groups in total. The van der Waals surface area contributed by atoms with Gasteiger partial charge in [0.1, 0.15) is 0 Å². The number of hydrogen-bond acceptors (Lipinski definition) is 3. The normalized spacial score (nSPS) is 12.0. The number of anilines is 1. The molecular formula is C8H12N2S. The van der Waals surface area contributed by atoms with E-state index in [2.05, 4.69) is 24.9 Å². The largest absolute Gasteiger partial charge is 0.375 e. The Balaban J connectivity index is 2.84. The van der Waals surface area contributed by atoms with Gasteiger partial charge in [-0.2, -0.15) is 0 Å². The molecule has 0 aliphatic carbocycles. The monoisotopic (exact) mass is 168 g/mol. The zero-order valence-electron chi connectivity index (χ0n) is 6.79. The molecule has 0 aliphatic rings. The van der Waals surface area contributed by atoms with E-state index in [1.54, 1.807) is 0 Å². The van der Waals surface area contributed by atoms with Gasteiger partial charge in [-0.05, 0) is 18.9 Å². The van der Waals surface area contributed by atoms with E-state index in [-0.39, 0.29) is 0 Å². The summed E-state index contributed by atoms with van der Waals surface area (Å²) in [5.41, 5.74) is 7.71. The zero-order valence-corrected chi connectivity index (χ0v) is 7.61. The first-order valence-electron chi connectivity index (χ1n) is 3.62. The molecule has 0 saturated heterocycles. The molecule has 0 bridgehead atoms. The van der Waals surface area contributed by atoms with Crippen molar-refractivity contribution in [3.63, 3.8) is 0 Å². The molecule has 0 amide bonds. The van der Waals surface area contributed by atoms with Crippen molar-refractivity contribution in [1.29, 1.82) is 0 Å². The van der Waals surface area contributed by atoms with Gasteiger partial charge in [0.25, 0.3) is 0 Å². The number of aromatic nitrogens is 1. The molecule has 0 saturated carbocycles. The predicted molar refractivity (Wildman–Crippen MR) is 50.5 cm³/mol. The van der Waals surface area contributed by atoms with Crippen LogP contribution in [0.1, 0.15) is 26.0 Å². The Hall–Kier alpha value is -0.830. The van der Waals surface area contributed by atoms with Gasteiger partial charge in [0.15, 0.2) is 5.13 Å². The molecule has 2 nitrogen and oxygen atoms in total. The summed E-state index contributed by atoms with van der Waals surface area (Å²) in [6.07, 6.45) is 3.19. The van der Waals surface area contributed by atoms with Crippen molar-refractivity contribution in [2.24, 2.45) is 0 Å². The van der Waals surface area contributed by atoms with Gasteiger partial charge in [-0.3, -0.25) is 0 Å². The Morgan fingerprint density at radius 3 is 3.00 bits per heavy atom. The van der Waals surface area contributed by atoms with E-state index in [0.717, 1.165) is 12.1 Å². The van der Waals surface area contributed by atoms with Crippen molar-refractivity contribution in [1.82, 2.24) is 4.98 Å². The molecule has 0 radical (unpaired) electrons. The van der Waals surface area contributed by atoms with Crippen molar-refractivity contribution in [2.45, 2.75) is 20.3 Å². The van der Waals surface area contributed by atoms with Crippen LogP contribution < -0.4 is 5.73 Å². The SMILES string of the molecule is CC/C=C(/C)c1csc(N)n1. The topological polar surface area (TPSA) is 38.9 Å². The van der Waals surface area contributed by atoms with Crippen molar-refractivity contribution in [3.8, 4) is 0 Å². The molecule has 1 rings (SSSR count). The third-order valence-corrected chi connectivity index (χ3v) is 2.11. The number of allylic oxidation sites excluding steroid dienone is 2. The van der Waals surface area contributed by atoms with E-state index in [0.29, 0.717) is 5.13 Å². The Labute approximate surface area is 70.8 Å². The summed E-state index contributed by atoms with van der Waals surface area (Å²) in [4.78, 5) is 4.16. The van der Waals surface area contributed by atoms with Gasteiger partial charge in [0.05, 0.1) is 5.69 Å². The van der Waals surface area contributed by atoms with Gasteiger partial charge >= 0.3 is 0 Å². The molecule has 60 valence electrons. The smallest absolute Gasteiger partial charge is 0.180 e. The zero-order chi connectivity index (χ0) is 8.27. The lowest BCUT2D eigenvalue weighted by Crippen LogP contribution is -1.83.